The fraction of sp³-hybridized carbons (Fsp3) is 0.381. The van der Waals surface area contributed by atoms with Crippen LogP contribution in [0, 0.1) is 0 Å². The van der Waals surface area contributed by atoms with Crippen LogP contribution in [0.5, 0.6) is 5.75 Å². The van der Waals surface area contributed by atoms with Gasteiger partial charge in [0, 0.05) is 68.7 Å². The topological polar surface area (TPSA) is 74.8 Å². The molecule has 8 heteroatoms. The van der Waals surface area contributed by atoms with E-state index in [2.05, 4.69) is 15.2 Å². The monoisotopic (exact) mass is 416 g/mol. The minimum atomic E-state index is -0.189. The van der Waals surface area contributed by atoms with Crippen LogP contribution in [0.4, 0.5) is 0 Å². The maximum atomic E-state index is 12.4. The highest BCUT2D eigenvalue weighted by atomic mass is 35.5. The molecule has 2 amide bonds. The van der Waals surface area contributed by atoms with E-state index >= 15 is 0 Å². The van der Waals surface area contributed by atoms with E-state index in [0.717, 1.165) is 25.4 Å². The molecule has 7 nitrogen and oxygen atoms in total. The zero-order valence-electron chi connectivity index (χ0n) is 16.2. The van der Waals surface area contributed by atoms with Crippen LogP contribution in [0.3, 0.4) is 0 Å². The number of benzene rings is 1. The molecule has 1 saturated heterocycles. The Hall–Kier alpha value is -2.64. The maximum Gasteiger partial charge on any atom is 0.251 e. The fourth-order valence-electron chi connectivity index (χ4n) is 3.09. The van der Waals surface area contributed by atoms with Gasteiger partial charge in [0.2, 0.25) is 5.91 Å². The summed E-state index contributed by atoms with van der Waals surface area (Å²) in [5.74, 6) is 0.680. The Labute approximate surface area is 175 Å². The molecule has 1 N–H and O–H groups in total. The van der Waals surface area contributed by atoms with Gasteiger partial charge in [-0.25, -0.2) is 0 Å². The largest absolute Gasteiger partial charge is 0.492 e. The van der Waals surface area contributed by atoms with Gasteiger partial charge in [0.05, 0.1) is 0 Å². The van der Waals surface area contributed by atoms with Gasteiger partial charge in [0.25, 0.3) is 5.91 Å². The first-order valence-corrected chi connectivity index (χ1v) is 10.1. The lowest BCUT2D eigenvalue weighted by molar-refractivity contribution is -0.132. The SMILES string of the molecule is O=C(NCCC(=O)N1CCN(CCOc2ccc(Cl)cc2)CC1)c1ccncc1. The third kappa shape index (κ3) is 6.73. The normalized spacial score (nSPS) is 14.4. The highest BCUT2D eigenvalue weighted by Gasteiger charge is 2.20. The number of hydrogen-bond donors (Lipinski definition) is 1. The number of carbonyl (C=O) groups excluding carboxylic acids is 2. The lowest BCUT2D eigenvalue weighted by atomic mass is 10.2. The second-order valence-corrected chi connectivity index (χ2v) is 7.20. The van der Waals surface area contributed by atoms with Crippen LogP contribution in [0.15, 0.2) is 48.8 Å². The standard InChI is InChI=1S/C21H25ClN4O3/c22-18-1-3-19(4-2-18)29-16-15-25-11-13-26(14-12-25)20(27)7-10-24-21(28)17-5-8-23-9-6-17/h1-6,8-9H,7,10-16H2,(H,24,28). The molecule has 1 aromatic carbocycles. The first-order valence-electron chi connectivity index (χ1n) is 9.68. The van der Waals surface area contributed by atoms with Crippen molar-refractivity contribution in [3.63, 3.8) is 0 Å². The predicted molar refractivity (Wildman–Crippen MR) is 111 cm³/mol. The highest BCUT2D eigenvalue weighted by molar-refractivity contribution is 6.30. The summed E-state index contributed by atoms with van der Waals surface area (Å²) in [6.45, 7) is 4.76. The van der Waals surface area contributed by atoms with E-state index in [1.807, 2.05) is 17.0 Å². The van der Waals surface area contributed by atoms with E-state index in [4.69, 9.17) is 16.3 Å². The third-order valence-corrected chi connectivity index (χ3v) is 5.03. The van der Waals surface area contributed by atoms with Gasteiger partial charge < -0.3 is 15.0 Å². The van der Waals surface area contributed by atoms with E-state index in [1.165, 1.54) is 0 Å². The Balaban J connectivity index is 1.30. The van der Waals surface area contributed by atoms with Gasteiger partial charge in [-0.05, 0) is 36.4 Å². The van der Waals surface area contributed by atoms with Gasteiger partial charge in [-0.3, -0.25) is 19.5 Å². The van der Waals surface area contributed by atoms with Crippen molar-refractivity contribution < 1.29 is 14.3 Å². The molecule has 0 spiro atoms. The quantitative estimate of drug-likeness (QED) is 0.713. The second kappa shape index (κ2) is 10.8. The average Bonchev–Trinajstić information content (AvgIpc) is 2.76. The molecule has 0 aliphatic carbocycles. The van der Waals surface area contributed by atoms with Crippen LogP contribution in [0.25, 0.3) is 0 Å². The molecule has 154 valence electrons. The van der Waals surface area contributed by atoms with Crippen molar-refractivity contribution in [2.45, 2.75) is 6.42 Å². The number of nitrogens with zero attached hydrogens (tertiary/aromatic N) is 3. The van der Waals surface area contributed by atoms with Crippen LogP contribution in [0.1, 0.15) is 16.8 Å². The summed E-state index contributed by atoms with van der Waals surface area (Å²) < 4.78 is 5.73. The summed E-state index contributed by atoms with van der Waals surface area (Å²) in [5, 5.41) is 3.47. The van der Waals surface area contributed by atoms with Crippen molar-refractivity contribution in [1.82, 2.24) is 20.1 Å². The molecule has 29 heavy (non-hydrogen) atoms. The van der Waals surface area contributed by atoms with Crippen LogP contribution < -0.4 is 10.1 Å². The van der Waals surface area contributed by atoms with Crippen molar-refractivity contribution in [1.29, 1.82) is 0 Å². The smallest absolute Gasteiger partial charge is 0.251 e. The molecule has 2 aromatic rings. The number of rotatable bonds is 8. The molecule has 1 fully saturated rings. The van der Waals surface area contributed by atoms with Gasteiger partial charge in [0.1, 0.15) is 12.4 Å². The van der Waals surface area contributed by atoms with E-state index < -0.39 is 0 Å². The highest BCUT2D eigenvalue weighted by Crippen LogP contribution is 2.15. The first kappa shape index (κ1) is 21.1. The molecule has 2 heterocycles. The Morgan fingerprint density at radius 1 is 1.03 bits per heavy atom. The molecule has 0 saturated carbocycles. The number of ether oxygens (including phenoxy) is 1. The predicted octanol–water partition coefficient (Wildman–Crippen LogP) is 2.08. The van der Waals surface area contributed by atoms with Gasteiger partial charge in [0.15, 0.2) is 0 Å². The van der Waals surface area contributed by atoms with Crippen molar-refractivity contribution in [3.05, 3.63) is 59.4 Å². The van der Waals surface area contributed by atoms with Crippen molar-refractivity contribution in [3.8, 4) is 5.75 Å². The Kier molecular flexibility index (Phi) is 7.84. The second-order valence-electron chi connectivity index (χ2n) is 6.77. The van der Waals surface area contributed by atoms with Gasteiger partial charge in [-0.1, -0.05) is 11.6 Å². The summed E-state index contributed by atoms with van der Waals surface area (Å²) in [6.07, 6.45) is 3.44. The molecule has 0 radical (unpaired) electrons. The van der Waals surface area contributed by atoms with Crippen molar-refractivity contribution in [2.24, 2.45) is 0 Å². The molecular weight excluding hydrogens is 392 g/mol. The fourth-order valence-corrected chi connectivity index (χ4v) is 3.22. The molecule has 0 atom stereocenters. The Bertz CT molecular complexity index is 793. The average molecular weight is 417 g/mol. The number of nitrogens with one attached hydrogen (secondary N) is 1. The molecule has 1 aliphatic rings. The van der Waals surface area contributed by atoms with Crippen molar-refractivity contribution in [2.75, 3.05) is 45.9 Å². The maximum absolute atomic E-state index is 12.4. The van der Waals surface area contributed by atoms with E-state index in [-0.39, 0.29) is 11.8 Å². The lowest BCUT2D eigenvalue weighted by Crippen LogP contribution is -2.50. The number of aromatic nitrogens is 1. The minimum Gasteiger partial charge on any atom is -0.492 e. The van der Waals surface area contributed by atoms with Crippen molar-refractivity contribution >= 4 is 23.4 Å². The molecule has 3 rings (SSSR count). The summed E-state index contributed by atoms with van der Waals surface area (Å²) in [7, 11) is 0. The molecule has 1 aromatic heterocycles. The molecule has 1 aliphatic heterocycles. The molecule has 0 unspecified atom stereocenters. The first-order chi connectivity index (χ1) is 14.1. The zero-order valence-corrected chi connectivity index (χ0v) is 17.0. The summed E-state index contributed by atoms with van der Waals surface area (Å²) in [5.41, 5.74) is 0.543. The number of pyridine rings is 1. The number of amides is 2. The van der Waals surface area contributed by atoms with Gasteiger partial charge in [-0.2, -0.15) is 0 Å². The number of piperazine rings is 1. The van der Waals surface area contributed by atoms with Crippen LogP contribution in [-0.4, -0.2) is 72.5 Å². The number of halogens is 1. The summed E-state index contributed by atoms with van der Waals surface area (Å²) >= 11 is 5.86. The Morgan fingerprint density at radius 2 is 1.72 bits per heavy atom. The molecule has 0 bridgehead atoms. The summed E-state index contributed by atoms with van der Waals surface area (Å²) in [6, 6.07) is 10.6. The van der Waals surface area contributed by atoms with Crippen LogP contribution in [0.2, 0.25) is 5.02 Å². The van der Waals surface area contributed by atoms with E-state index in [1.54, 1.807) is 36.7 Å². The Morgan fingerprint density at radius 3 is 2.41 bits per heavy atom. The van der Waals surface area contributed by atoms with E-state index in [0.29, 0.717) is 43.2 Å². The van der Waals surface area contributed by atoms with Gasteiger partial charge in [-0.15, -0.1) is 0 Å². The number of carbonyl (C=O) groups is 2. The lowest BCUT2D eigenvalue weighted by Gasteiger charge is -2.34. The van der Waals surface area contributed by atoms with E-state index in [9.17, 15) is 9.59 Å². The van der Waals surface area contributed by atoms with Crippen LogP contribution >= 0.6 is 11.6 Å². The third-order valence-electron chi connectivity index (χ3n) is 4.78. The van der Waals surface area contributed by atoms with Crippen LogP contribution in [-0.2, 0) is 4.79 Å². The molecular formula is C21H25ClN4O3. The number of hydrogen-bond acceptors (Lipinski definition) is 5. The van der Waals surface area contributed by atoms with Gasteiger partial charge >= 0.3 is 0 Å². The minimum absolute atomic E-state index is 0.0668. The zero-order chi connectivity index (χ0) is 20.5. The summed E-state index contributed by atoms with van der Waals surface area (Å²) in [4.78, 5) is 32.4.